The van der Waals surface area contributed by atoms with Crippen LogP contribution in [0.4, 0.5) is 18.3 Å². The summed E-state index contributed by atoms with van der Waals surface area (Å²) in [6.07, 6.45) is 3.20. The predicted octanol–water partition coefficient (Wildman–Crippen LogP) is 3.87. The number of aromatic nitrogens is 2. The van der Waals surface area contributed by atoms with E-state index in [2.05, 4.69) is 15.3 Å². The minimum absolute atomic E-state index is 0.214. The van der Waals surface area contributed by atoms with Gasteiger partial charge in [0.05, 0.1) is 11.3 Å². The Morgan fingerprint density at radius 1 is 1.04 bits per heavy atom. The zero-order valence-corrected chi connectivity index (χ0v) is 12.2. The van der Waals surface area contributed by atoms with E-state index < -0.39 is 28.9 Å². The fourth-order valence-electron chi connectivity index (χ4n) is 1.85. The molecule has 116 valence electrons. The van der Waals surface area contributed by atoms with Crippen molar-refractivity contribution >= 4 is 22.4 Å². The van der Waals surface area contributed by atoms with Gasteiger partial charge in [0.25, 0.3) is 5.91 Å². The van der Waals surface area contributed by atoms with Crippen LogP contribution in [-0.4, -0.2) is 15.9 Å². The number of halogens is 3. The molecule has 0 radical (unpaired) electrons. The van der Waals surface area contributed by atoms with Crippen molar-refractivity contribution in [1.29, 1.82) is 0 Å². The van der Waals surface area contributed by atoms with E-state index in [0.717, 1.165) is 23.0 Å². The molecule has 3 rings (SSSR count). The van der Waals surface area contributed by atoms with Gasteiger partial charge in [0, 0.05) is 23.3 Å². The van der Waals surface area contributed by atoms with E-state index in [1.807, 2.05) is 0 Å². The van der Waals surface area contributed by atoms with Crippen LogP contribution in [0.5, 0.6) is 0 Å². The number of rotatable bonds is 3. The number of anilines is 1. The second kappa shape index (κ2) is 6.17. The van der Waals surface area contributed by atoms with Crippen molar-refractivity contribution in [3.05, 3.63) is 65.1 Å². The number of nitrogens with one attached hydrogen (secondary N) is 1. The zero-order valence-electron chi connectivity index (χ0n) is 11.4. The van der Waals surface area contributed by atoms with Gasteiger partial charge in [-0.05, 0) is 24.3 Å². The van der Waals surface area contributed by atoms with E-state index >= 15 is 0 Å². The van der Waals surface area contributed by atoms with Crippen LogP contribution in [0.2, 0.25) is 0 Å². The first-order chi connectivity index (χ1) is 11.1. The average molecular weight is 335 g/mol. The van der Waals surface area contributed by atoms with E-state index in [-0.39, 0.29) is 5.13 Å². The number of nitrogens with zero attached hydrogens (tertiary/aromatic N) is 2. The van der Waals surface area contributed by atoms with E-state index in [0.29, 0.717) is 11.8 Å². The Balaban J connectivity index is 1.82. The highest BCUT2D eigenvalue weighted by Crippen LogP contribution is 2.25. The first-order valence-electron chi connectivity index (χ1n) is 6.37. The molecule has 0 aliphatic carbocycles. The monoisotopic (exact) mass is 335 g/mol. The van der Waals surface area contributed by atoms with E-state index in [9.17, 15) is 18.0 Å². The molecule has 2 heterocycles. The van der Waals surface area contributed by atoms with Crippen molar-refractivity contribution in [1.82, 2.24) is 9.97 Å². The van der Waals surface area contributed by atoms with Crippen molar-refractivity contribution in [2.24, 2.45) is 0 Å². The standard InChI is InChI=1S/C15H8F3N3OS/c16-10-2-1-9(12(17)13(10)18)14(22)21-15-20-11(7-23-15)8-3-5-19-6-4-8/h1-7H,(H,20,21,22). The summed E-state index contributed by atoms with van der Waals surface area (Å²) in [7, 11) is 0. The second-order valence-electron chi connectivity index (χ2n) is 4.45. The third-order valence-corrected chi connectivity index (χ3v) is 3.74. The van der Waals surface area contributed by atoms with Crippen LogP contribution in [0.15, 0.2) is 42.0 Å². The third kappa shape index (κ3) is 3.07. The van der Waals surface area contributed by atoms with Crippen LogP contribution < -0.4 is 5.32 Å². The molecule has 3 aromatic rings. The van der Waals surface area contributed by atoms with Gasteiger partial charge in [-0.1, -0.05) is 0 Å². The number of benzene rings is 1. The number of hydrogen-bond acceptors (Lipinski definition) is 4. The molecule has 0 saturated carbocycles. The molecule has 0 fully saturated rings. The van der Waals surface area contributed by atoms with Crippen molar-refractivity contribution in [2.45, 2.75) is 0 Å². The largest absolute Gasteiger partial charge is 0.298 e. The van der Waals surface area contributed by atoms with Gasteiger partial charge in [0.1, 0.15) is 0 Å². The molecule has 4 nitrogen and oxygen atoms in total. The normalized spacial score (nSPS) is 10.6. The lowest BCUT2D eigenvalue weighted by molar-refractivity contribution is 0.102. The average Bonchev–Trinajstić information content (AvgIpc) is 3.02. The Morgan fingerprint density at radius 2 is 1.78 bits per heavy atom. The van der Waals surface area contributed by atoms with Crippen LogP contribution in [0.1, 0.15) is 10.4 Å². The lowest BCUT2D eigenvalue weighted by Crippen LogP contribution is -2.15. The van der Waals surface area contributed by atoms with Gasteiger partial charge in [-0.15, -0.1) is 11.3 Å². The minimum atomic E-state index is -1.69. The second-order valence-corrected chi connectivity index (χ2v) is 5.31. The van der Waals surface area contributed by atoms with Gasteiger partial charge in [0.2, 0.25) is 0 Å². The summed E-state index contributed by atoms with van der Waals surface area (Å²) < 4.78 is 39.6. The van der Waals surface area contributed by atoms with E-state index in [1.165, 1.54) is 0 Å². The quantitative estimate of drug-likeness (QED) is 0.739. The van der Waals surface area contributed by atoms with Crippen LogP contribution in [0, 0.1) is 17.5 Å². The topological polar surface area (TPSA) is 54.9 Å². The van der Waals surface area contributed by atoms with Crippen molar-refractivity contribution in [3.8, 4) is 11.3 Å². The lowest BCUT2D eigenvalue weighted by Gasteiger charge is -2.04. The summed E-state index contributed by atoms with van der Waals surface area (Å²) in [5.74, 6) is -5.48. The highest BCUT2D eigenvalue weighted by Gasteiger charge is 2.19. The molecule has 2 aromatic heterocycles. The van der Waals surface area contributed by atoms with Crippen LogP contribution in [0.25, 0.3) is 11.3 Å². The van der Waals surface area contributed by atoms with Gasteiger partial charge in [-0.3, -0.25) is 15.1 Å². The van der Waals surface area contributed by atoms with Gasteiger partial charge in [0.15, 0.2) is 22.6 Å². The first-order valence-corrected chi connectivity index (χ1v) is 7.25. The molecular formula is C15H8F3N3OS. The summed E-state index contributed by atoms with van der Waals surface area (Å²) in [4.78, 5) is 20.0. The predicted molar refractivity (Wildman–Crippen MR) is 79.6 cm³/mol. The third-order valence-electron chi connectivity index (χ3n) is 2.98. The molecule has 1 aromatic carbocycles. The number of hydrogen-bond donors (Lipinski definition) is 1. The SMILES string of the molecule is O=C(Nc1nc(-c2ccncc2)cs1)c1ccc(F)c(F)c1F. The molecule has 0 aliphatic rings. The molecule has 0 bridgehead atoms. The Hall–Kier alpha value is -2.74. The number of carbonyl (C=O) groups is 1. The van der Waals surface area contributed by atoms with Gasteiger partial charge >= 0.3 is 0 Å². The Bertz CT molecular complexity index is 868. The molecule has 0 spiro atoms. The van der Waals surface area contributed by atoms with Gasteiger partial charge < -0.3 is 0 Å². The van der Waals surface area contributed by atoms with Crippen molar-refractivity contribution in [2.75, 3.05) is 5.32 Å². The highest BCUT2D eigenvalue weighted by atomic mass is 32.1. The van der Waals surface area contributed by atoms with Gasteiger partial charge in [-0.2, -0.15) is 0 Å². The summed E-state index contributed by atoms with van der Waals surface area (Å²) in [6, 6.07) is 5.06. The first kappa shape index (κ1) is 15.2. The Morgan fingerprint density at radius 3 is 2.52 bits per heavy atom. The maximum atomic E-state index is 13.6. The molecule has 23 heavy (non-hydrogen) atoms. The summed E-state index contributed by atoms with van der Waals surface area (Å²) in [5, 5.41) is 4.27. The van der Waals surface area contributed by atoms with Crippen LogP contribution >= 0.6 is 11.3 Å². The Kier molecular flexibility index (Phi) is 4.07. The molecule has 0 atom stereocenters. The molecule has 1 amide bonds. The number of thiazole rings is 1. The summed E-state index contributed by atoms with van der Waals surface area (Å²) >= 11 is 1.13. The maximum absolute atomic E-state index is 13.6. The summed E-state index contributed by atoms with van der Waals surface area (Å²) in [5.41, 5.74) is 0.818. The molecule has 0 unspecified atom stereocenters. The van der Waals surface area contributed by atoms with Crippen molar-refractivity contribution in [3.63, 3.8) is 0 Å². The van der Waals surface area contributed by atoms with Crippen LogP contribution in [0.3, 0.4) is 0 Å². The molecule has 1 N–H and O–H groups in total. The number of amides is 1. The summed E-state index contributed by atoms with van der Waals surface area (Å²) in [6.45, 7) is 0. The van der Waals surface area contributed by atoms with Gasteiger partial charge in [-0.25, -0.2) is 18.2 Å². The fraction of sp³-hybridized carbons (Fsp3) is 0. The lowest BCUT2D eigenvalue weighted by atomic mass is 10.2. The van der Waals surface area contributed by atoms with Crippen molar-refractivity contribution < 1.29 is 18.0 Å². The maximum Gasteiger partial charge on any atom is 0.260 e. The molecular weight excluding hydrogens is 327 g/mol. The molecule has 0 aliphatic heterocycles. The minimum Gasteiger partial charge on any atom is -0.298 e. The molecule has 8 heteroatoms. The van der Waals surface area contributed by atoms with E-state index in [4.69, 9.17) is 0 Å². The van der Waals surface area contributed by atoms with E-state index in [1.54, 1.807) is 29.9 Å². The fourth-order valence-corrected chi connectivity index (χ4v) is 2.57. The zero-order chi connectivity index (χ0) is 16.4. The smallest absolute Gasteiger partial charge is 0.260 e. The number of pyridine rings is 1. The molecule has 0 saturated heterocycles. The van der Waals surface area contributed by atoms with Crippen LogP contribution in [-0.2, 0) is 0 Å². The highest BCUT2D eigenvalue weighted by molar-refractivity contribution is 7.14. The Labute approximate surface area is 132 Å². The number of carbonyl (C=O) groups excluding carboxylic acids is 1.